The van der Waals surface area contributed by atoms with Crippen LogP contribution in [0.3, 0.4) is 0 Å². The molecule has 1 saturated heterocycles. The molecule has 3 aromatic rings. The second-order valence-electron chi connectivity index (χ2n) is 7.41. The van der Waals surface area contributed by atoms with E-state index in [9.17, 15) is 8.42 Å². The van der Waals surface area contributed by atoms with Gasteiger partial charge in [0.1, 0.15) is 0 Å². The van der Waals surface area contributed by atoms with E-state index in [0.717, 1.165) is 22.6 Å². The number of aryl methyl sites for hydroxylation is 1. The number of sulfonamides is 1. The van der Waals surface area contributed by atoms with E-state index in [1.165, 1.54) is 4.31 Å². The van der Waals surface area contributed by atoms with E-state index >= 15 is 0 Å². The average molecular weight is 458 g/mol. The Morgan fingerprint density at radius 2 is 1.65 bits per heavy atom. The van der Waals surface area contributed by atoms with Crippen LogP contribution in [0.15, 0.2) is 64.5 Å². The Labute approximate surface area is 187 Å². The topological polar surface area (TPSA) is 63.9 Å². The number of morpholine rings is 1. The number of aromatic nitrogens is 1. The summed E-state index contributed by atoms with van der Waals surface area (Å²) in [6.07, 6.45) is 1.81. The molecule has 0 bridgehead atoms. The second-order valence-corrected chi connectivity index (χ2v) is 9.78. The van der Waals surface area contributed by atoms with Gasteiger partial charge in [0.25, 0.3) is 0 Å². The molecule has 0 N–H and O–H groups in total. The molecule has 0 saturated carbocycles. The summed E-state index contributed by atoms with van der Waals surface area (Å²) in [7, 11) is -3.50. The van der Waals surface area contributed by atoms with Gasteiger partial charge in [-0.2, -0.15) is 4.31 Å². The molecule has 0 atom stereocenters. The first-order valence-corrected chi connectivity index (χ1v) is 11.8. The van der Waals surface area contributed by atoms with Gasteiger partial charge in [0, 0.05) is 47.0 Å². The highest BCUT2D eigenvalue weighted by Gasteiger charge is 2.26. The molecule has 0 spiro atoms. The lowest BCUT2D eigenvalue weighted by Crippen LogP contribution is -2.40. The van der Waals surface area contributed by atoms with Gasteiger partial charge < -0.3 is 9.30 Å². The van der Waals surface area contributed by atoms with Gasteiger partial charge in [-0.3, -0.25) is 4.99 Å². The molecule has 1 aromatic heterocycles. The van der Waals surface area contributed by atoms with Gasteiger partial charge in [0.05, 0.1) is 23.8 Å². The summed E-state index contributed by atoms with van der Waals surface area (Å²) < 4.78 is 34.3. The lowest BCUT2D eigenvalue weighted by molar-refractivity contribution is 0.0730. The quantitative estimate of drug-likeness (QED) is 0.529. The maximum Gasteiger partial charge on any atom is 0.243 e. The van der Waals surface area contributed by atoms with E-state index in [-0.39, 0.29) is 4.90 Å². The van der Waals surface area contributed by atoms with E-state index in [2.05, 4.69) is 15.6 Å². The zero-order valence-corrected chi connectivity index (χ0v) is 19.0. The van der Waals surface area contributed by atoms with Crippen LogP contribution in [-0.2, 0) is 14.8 Å². The normalized spacial score (nSPS) is 15.6. The number of hydrogen-bond acceptors (Lipinski definition) is 4. The third kappa shape index (κ3) is 4.60. The third-order valence-electron chi connectivity index (χ3n) is 5.35. The average Bonchev–Trinajstić information content (AvgIpc) is 3.07. The van der Waals surface area contributed by atoms with Crippen LogP contribution in [0.2, 0.25) is 5.02 Å². The second kappa shape index (κ2) is 8.96. The fourth-order valence-corrected chi connectivity index (χ4v) is 5.22. The number of ether oxygens (including phenoxy) is 1. The molecule has 162 valence electrons. The third-order valence-corrected chi connectivity index (χ3v) is 7.52. The zero-order chi connectivity index (χ0) is 22.0. The van der Waals surface area contributed by atoms with E-state index in [1.54, 1.807) is 30.5 Å². The van der Waals surface area contributed by atoms with Crippen LogP contribution in [0.4, 0.5) is 5.69 Å². The summed E-state index contributed by atoms with van der Waals surface area (Å²) in [6.45, 7) is 5.70. The molecular formula is C23H24ClN3O3S. The van der Waals surface area contributed by atoms with Crippen molar-refractivity contribution in [3.63, 3.8) is 0 Å². The minimum Gasteiger partial charge on any atom is -0.379 e. The number of rotatable bonds is 5. The van der Waals surface area contributed by atoms with Crippen LogP contribution in [-0.4, -0.2) is 49.8 Å². The lowest BCUT2D eigenvalue weighted by atomic mass is 10.2. The van der Waals surface area contributed by atoms with Crippen molar-refractivity contribution in [1.29, 1.82) is 0 Å². The predicted octanol–water partition coefficient (Wildman–Crippen LogP) is 4.52. The van der Waals surface area contributed by atoms with Gasteiger partial charge in [0.15, 0.2) is 0 Å². The number of halogens is 1. The molecule has 0 aliphatic carbocycles. The Balaban J connectivity index is 1.54. The van der Waals surface area contributed by atoms with Crippen molar-refractivity contribution >= 4 is 33.5 Å². The number of nitrogens with zero attached hydrogens (tertiary/aromatic N) is 3. The first kappa shape index (κ1) is 21.8. The van der Waals surface area contributed by atoms with Crippen molar-refractivity contribution in [1.82, 2.24) is 8.87 Å². The van der Waals surface area contributed by atoms with E-state index in [0.29, 0.717) is 37.0 Å². The minimum atomic E-state index is -3.50. The lowest BCUT2D eigenvalue weighted by Gasteiger charge is -2.26. The van der Waals surface area contributed by atoms with Crippen molar-refractivity contribution in [2.24, 2.45) is 4.99 Å². The Morgan fingerprint density at radius 1 is 1.00 bits per heavy atom. The smallest absolute Gasteiger partial charge is 0.243 e. The van der Waals surface area contributed by atoms with Crippen LogP contribution in [0.5, 0.6) is 0 Å². The van der Waals surface area contributed by atoms with Gasteiger partial charge in [-0.25, -0.2) is 8.42 Å². The molecule has 2 aromatic carbocycles. The molecule has 0 radical (unpaired) electrons. The molecule has 1 aliphatic heterocycles. The maximum absolute atomic E-state index is 12.7. The van der Waals surface area contributed by atoms with E-state index in [4.69, 9.17) is 16.3 Å². The fourth-order valence-electron chi connectivity index (χ4n) is 3.69. The molecule has 4 rings (SSSR count). The van der Waals surface area contributed by atoms with Crippen molar-refractivity contribution in [3.05, 3.63) is 76.6 Å². The van der Waals surface area contributed by atoms with E-state index < -0.39 is 10.0 Å². The summed E-state index contributed by atoms with van der Waals surface area (Å²) in [5.74, 6) is 0. The SMILES string of the molecule is Cc1cc(C=Nc2ccc(S(=O)(=O)N3CCOCC3)cc2)c(C)n1-c1ccc(Cl)cc1. The molecule has 0 unspecified atom stereocenters. The minimum absolute atomic E-state index is 0.272. The first-order valence-electron chi connectivity index (χ1n) is 10.0. The molecule has 1 aliphatic rings. The Morgan fingerprint density at radius 3 is 2.29 bits per heavy atom. The van der Waals surface area contributed by atoms with Gasteiger partial charge in [-0.15, -0.1) is 0 Å². The van der Waals surface area contributed by atoms with Crippen molar-refractivity contribution in [2.45, 2.75) is 18.7 Å². The van der Waals surface area contributed by atoms with Crippen LogP contribution in [0.1, 0.15) is 17.0 Å². The number of hydrogen-bond donors (Lipinski definition) is 0. The zero-order valence-electron chi connectivity index (χ0n) is 17.5. The van der Waals surface area contributed by atoms with Crippen LogP contribution >= 0.6 is 11.6 Å². The number of aliphatic imine (C=N–C) groups is 1. The summed E-state index contributed by atoms with van der Waals surface area (Å²) >= 11 is 6.01. The number of benzene rings is 2. The predicted molar refractivity (Wildman–Crippen MR) is 124 cm³/mol. The molecule has 8 heteroatoms. The molecule has 1 fully saturated rings. The molecule has 6 nitrogen and oxygen atoms in total. The van der Waals surface area contributed by atoms with Gasteiger partial charge in [-0.1, -0.05) is 11.6 Å². The van der Waals surface area contributed by atoms with Crippen LogP contribution in [0, 0.1) is 13.8 Å². The molecule has 0 amide bonds. The van der Waals surface area contributed by atoms with Crippen molar-refractivity contribution < 1.29 is 13.2 Å². The Hall–Kier alpha value is -2.45. The van der Waals surface area contributed by atoms with Crippen molar-refractivity contribution in [3.8, 4) is 5.69 Å². The van der Waals surface area contributed by atoms with Crippen LogP contribution in [0.25, 0.3) is 5.69 Å². The first-order chi connectivity index (χ1) is 14.9. The Kier molecular flexibility index (Phi) is 6.29. The maximum atomic E-state index is 12.7. The largest absolute Gasteiger partial charge is 0.379 e. The van der Waals surface area contributed by atoms with Crippen LogP contribution < -0.4 is 0 Å². The monoisotopic (exact) mass is 457 g/mol. The molecular weight excluding hydrogens is 434 g/mol. The highest BCUT2D eigenvalue weighted by molar-refractivity contribution is 7.89. The Bertz CT molecular complexity index is 1190. The van der Waals surface area contributed by atoms with E-state index in [1.807, 2.05) is 38.1 Å². The standard InChI is InChI=1S/C23H24ClN3O3S/c1-17-15-19(18(2)27(17)22-7-3-20(24)4-8-22)16-25-21-5-9-23(10-6-21)31(28,29)26-11-13-30-14-12-26/h3-10,15-16H,11-14H2,1-2H3. The molecule has 31 heavy (non-hydrogen) atoms. The highest BCUT2D eigenvalue weighted by atomic mass is 35.5. The fraction of sp³-hybridized carbons (Fsp3) is 0.261. The van der Waals surface area contributed by atoms with Gasteiger partial charge >= 0.3 is 0 Å². The summed E-state index contributed by atoms with van der Waals surface area (Å²) in [5.41, 5.74) is 4.88. The molecule has 2 heterocycles. The summed E-state index contributed by atoms with van der Waals surface area (Å²) in [5, 5.41) is 0.701. The van der Waals surface area contributed by atoms with Gasteiger partial charge in [-0.05, 0) is 68.4 Å². The summed E-state index contributed by atoms with van der Waals surface area (Å²) in [4.78, 5) is 4.82. The van der Waals surface area contributed by atoms with Crippen molar-refractivity contribution in [2.75, 3.05) is 26.3 Å². The van der Waals surface area contributed by atoms with Gasteiger partial charge in [0.2, 0.25) is 10.0 Å². The highest BCUT2D eigenvalue weighted by Crippen LogP contribution is 2.23. The summed E-state index contributed by atoms with van der Waals surface area (Å²) in [6, 6.07) is 16.4.